The highest BCUT2D eigenvalue weighted by Crippen LogP contribution is 2.30. The number of aromatic nitrogens is 1. The Balaban J connectivity index is 1.83. The van der Waals surface area contributed by atoms with E-state index in [0.717, 1.165) is 11.8 Å². The van der Waals surface area contributed by atoms with Crippen molar-refractivity contribution < 1.29 is 13.6 Å². The number of amides is 1. The molecule has 0 radical (unpaired) electrons. The Morgan fingerprint density at radius 1 is 1.17 bits per heavy atom. The molecule has 2 aromatic rings. The number of carbonyl (C=O) groups is 1. The fourth-order valence-corrected chi connectivity index (χ4v) is 3.05. The van der Waals surface area contributed by atoms with Gasteiger partial charge in [0.2, 0.25) is 5.91 Å². The molecule has 3 nitrogen and oxygen atoms in total. The Hall–Kier alpha value is -2.30. The van der Waals surface area contributed by atoms with Gasteiger partial charge >= 0.3 is 0 Å². The van der Waals surface area contributed by atoms with Gasteiger partial charge in [0.05, 0.1) is 12.2 Å². The number of nitrogens with zero attached hydrogens (tertiary/aromatic N) is 2. The molecule has 2 heterocycles. The molecule has 120 valence electrons. The summed E-state index contributed by atoms with van der Waals surface area (Å²) in [5, 5.41) is 0. The van der Waals surface area contributed by atoms with E-state index in [-0.39, 0.29) is 11.8 Å². The zero-order valence-corrected chi connectivity index (χ0v) is 12.7. The van der Waals surface area contributed by atoms with Crippen LogP contribution >= 0.6 is 0 Å². The van der Waals surface area contributed by atoms with Gasteiger partial charge < -0.3 is 4.90 Å². The van der Waals surface area contributed by atoms with E-state index in [0.29, 0.717) is 37.9 Å². The van der Waals surface area contributed by atoms with Gasteiger partial charge in [0, 0.05) is 25.1 Å². The van der Waals surface area contributed by atoms with E-state index >= 15 is 0 Å². The smallest absolute Gasteiger partial charge is 0.222 e. The molecule has 1 atom stereocenters. The number of pyridine rings is 1. The molecule has 1 fully saturated rings. The number of likely N-dealkylation sites (tertiary alicyclic amines) is 1. The lowest BCUT2D eigenvalue weighted by atomic mass is 9.93. The molecule has 0 bridgehead atoms. The molecule has 0 saturated carbocycles. The number of rotatable bonds is 3. The summed E-state index contributed by atoms with van der Waals surface area (Å²) in [6.45, 7) is 0.781. The number of hydrogen-bond acceptors (Lipinski definition) is 2. The first kappa shape index (κ1) is 15.6. The van der Waals surface area contributed by atoms with Crippen molar-refractivity contribution in [3.63, 3.8) is 0 Å². The molecule has 1 aromatic heterocycles. The molecule has 1 aliphatic rings. The van der Waals surface area contributed by atoms with Crippen LogP contribution in [0.15, 0.2) is 42.6 Å². The molecule has 1 amide bonds. The van der Waals surface area contributed by atoms with Gasteiger partial charge in [-0.25, -0.2) is 8.78 Å². The van der Waals surface area contributed by atoms with Crippen molar-refractivity contribution in [2.75, 3.05) is 6.54 Å². The molecule has 1 aromatic carbocycles. The highest BCUT2D eigenvalue weighted by Gasteiger charge is 2.27. The molecule has 3 rings (SSSR count). The first-order valence-electron chi connectivity index (χ1n) is 7.76. The van der Waals surface area contributed by atoms with Crippen molar-refractivity contribution in [2.24, 2.45) is 0 Å². The molecule has 1 aliphatic heterocycles. The van der Waals surface area contributed by atoms with Crippen molar-refractivity contribution >= 4 is 5.91 Å². The largest absolute Gasteiger partial charge is 0.336 e. The molecule has 0 spiro atoms. The van der Waals surface area contributed by atoms with Gasteiger partial charge in [0.1, 0.15) is 0 Å². The van der Waals surface area contributed by atoms with E-state index in [9.17, 15) is 13.6 Å². The van der Waals surface area contributed by atoms with E-state index in [2.05, 4.69) is 4.98 Å². The zero-order valence-electron chi connectivity index (χ0n) is 12.7. The van der Waals surface area contributed by atoms with Gasteiger partial charge in [-0.3, -0.25) is 9.78 Å². The summed E-state index contributed by atoms with van der Waals surface area (Å²) in [6.07, 6.45) is 3.46. The van der Waals surface area contributed by atoms with Crippen molar-refractivity contribution in [1.29, 1.82) is 0 Å². The molecule has 5 heteroatoms. The summed E-state index contributed by atoms with van der Waals surface area (Å²) in [4.78, 5) is 18.2. The van der Waals surface area contributed by atoms with Crippen LogP contribution in [0.3, 0.4) is 0 Å². The quantitative estimate of drug-likeness (QED) is 0.866. The summed E-state index contributed by atoms with van der Waals surface area (Å²) in [7, 11) is 0. The predicted molar refractivity (Wildman–Crippen MR) is 82.6 cm³/mol. The molecular formula is C18H18F2N2O. The average Bonchev–Trinajstić information content (AvgIpc) is 2.73. The third-order valence-corrected chi connectivity index (χ3v) is 4.24. The molecule has 0 unspecified atom stereocenters. The molecule has 23 heavy (non-hydrogen) atoms. The molecular weight excluding hydrogens is 298 g/mol. The first-order valence-corrected chi connectivity index (χ1v) is 7.76. The standard InChI is InChI=1S/C18H18F2N2O/c19-16-8-4-7-15(18(16)20)13-5-3-9-17(23)22(11-13)12-14-6-1-2-10-21-14/h1-2,4,6-8,10,13H,3,5,9,11-12H2/t13-/m1/s1. The highest BCUT2D eigenvalue weighted by atomic mass is 19.2. The average molecular weight is 316 g/mol. The predicted octanol–water partition coefficient (Wildman–Crippen LogP) is 3.66. The van der Waals surface area contributed by atoms with Crippen LogP contribution in [0.2, 0.25) is 0 Å². The Morgan fingerprint density at radius 3 is 2.83 bits per heavy atom. The normalized spacial score (nSPS) is 18.8. The first-order chi connectivity index (χ1) is 11.1. The van der Waals surface area contributed by atoms with E-state index in [1.165, 1.54) is 6.07 Å². The van der Waals surface area contributed by atoms with E-state index in [4.69, 9.17) is 0 Å². The topological polar surface area (TPSA) is 33.2 Å². The third kappa shape index (κ3) is 3.55. The maximum Gasteiger partial charge on any atom is 0.222 e. The summed E-state index contributed by atoms with van der Waals surface area (Å²) < 4.78 is 27.6. The second kappa shape index (κ2) is 6.86. The van der Waals surface area contributed by atoms with E-state index < -0.39 is 11.6 Å². The molecule has 1 saturated heterocycles. The number of halogens is 2. The minimum absolute atomic E-state index is 0.0370. The minimum atomic E-state index is -0.839. The van der Waals surface area contributed by atoms with Gasteiger partial charge in [0.25, 0.3) is 0 Å². The van der Waals surface area contributed by atoms with Crippen LogP contribution in [0.5, 0.6) is 0 Å². The van der Waals surface area contributed by atoms with Gasteiger partial charge in [-0.05, 0) is 36.6 Å². The lowest BCUT2D eigenvalue weighted by Crippen LogP contribution is -2.32. The monoisotopic (exact) mass is 316 g/mol. The van der Waals surface area contributed by atoms with Gasteiger partial charge in [-0.15, -0.1) is 0 Å². The second-order valence-corrected chi connectivity index (χ2v) is 5.83. The fraction of sp³-hybridized carbons (Fsp3) is 0.333. The summed E-state index contributed by atoms with van der Waals surface area (Å²) in [5.74, 6) is -1.80. The van der Waals surface area contributed by atoms with Gasteiger partial charge in [-0.1, -0.05) is 18.2 Å². The maximum absolute atomic E-state index is 14.1. The van der Waals surface area contributed by atoms with E-state index in [1.807, 2.05) is 18.2 Å². The molecule has 0 aliphatic carbocycles. The highest BCUT2D eigenvalue weighted by molar-refractivity contribution is 5.76. The van der Waals surface area contributed by atoms with Crippen molar-refractivity contribution in [3.8, 4) is 0 Å². The Bertz CT molecular complexity index is 691. The summed E-state index contributed by atoms with van der Waals surface area (Å²) in [5.41, 5.74) is 1.15. The lowest BCUT2D eigenvalue weighted by molar-refractivity contribution is -0.131. The minimum Gasteiger partial charge on any atom is -0.336 e. The van der Waals surface area contributed by atoms with Crippen molar-refractivity contribution in [2.45, 2.75) is 31.7 Å². The molecule has 0 N–H and O–H groups in total. The SMILES string of the molecule is O=C1CCC[C@@H](c2cccc(F)c2F)CN1Cc1ccccn1. The number of hydrogen-bond donors (Lipinski definition) is 0. The Labute approximate surface area is 134 Å². The third-order valence-electron chi connectivity index (χ3n) is 4.24. The second-order valence-electron chi connectivity index (χ2n) is 5.83. The van der Waals surface area contributed by atoms with Crippen LogP contribution in [-0.2, 0) is 11.3 Å². The van der Waals surface area contributed by atoms with E-state index in [1.54, 1.807) is 17.2 Å². The van der Waals surface area contributed by atoms with Crippen LogP contribution in [0.4, 0.5) is 8.78 Å². The number of benzene rings is 1. The Kier molecular flexibility index (Phi) is 4.65. The van der Waals surface area contributed by atoms with Crippen LogP contribution in [0, 0.1) is 11.6 Å². The van der Waals surface area contributed by atoms with Crippen LogP contribution in [0.1, 0.15) is 36.4 Å². The Morgan fingerprint density at radius 2 is 2.04 bits per heavy atom. The number of carbonyl (C=O) groups excluding carboxylic acids is 1. The van der Waals surface area contributed by atoms with Gasteiger partial charge in [0.15, 0.2) is 11.6 Å². The van der Waals surface area contributed by atoms with Crippen molar-refractivity contribution in [1.82, 2.24) is 9.88 Å². The van der Waals surface area contributed by atoms with Crippen LogP contribution in [-0.4, -0.2) is 22.3 Å². The van der Waals surface area contributed by atoms with Crippen LogP contribution < -0.4 is 0 Å². The lowest BCUT2D eigenvalue weighted by Gasteiger charge is -2.25. The zero-order chi connectivity index (χ0) is 16.2. The van der Waals surface area contributed by atoms with Crippen molar-refractivity contribution in [3.05, 3.63) is 65.5 Å². The van der Waals surface area contributed by atoms with Gasteiger partial charge in [-0.2, -0.15) is 0 Å². The maximum atomic E-state index is 14.1. The summed E-state index contributed by atoms with van der Waals surface area (Å²) >= 11 is 0. The summed E-state index contributed by atoms with van der Waals surface area (Å²) in [6, 6.07) is 9.79. The fourth-order valence-electron chi connectivity index (χ4n) is 3.05. The van der Waals surface area contributed by atoms with Crippen LogP contribution in [0.25, 0.3) is 0 Å².